The third kappa shape index (κ3) is 40.0. The predicted molar refractivity (Wildman–Crippen MR) is 410 cm³/mol. The fourth-order valence-corrected chi connectivity index (χ4v) is 10.3. The first-order chi connectivity index (χ1) is 46.1. The molecule has 0 aromatic heterocycles. The van der Waals surface area contributed by atoms with Gasteiger partial charge in [-0.2, -0.15) is 0 Å². The quantitative estimate of drug-likeness (QED) is 0.0137. The van der Waals surface area contributed by atoms with Crippen LogP contribution in [0.15, 0.2) is 152 Å². The summed E-state index contributed by atoms with van der Waals surface area (Å²) in [6.45, 7) is 27.8. The molecule has 8 N–H and O–H groups in total. The molecule has 0 saturated carbocycles. The van der Waals surface area contributed by atoms with Crippen molar-refractivity contribution in [2.24, 2.45) is 0 Å². The van der Waals surface area contributed by atoms with Crippen molar-refractivity contribution in [1.82, 2.24) is 0 Å². The highest BCUT2D eigenvalue weighted by atomic mass is 16.5. The van der Waals surface area contributed by atoms with E-state index in [4.69, 9.17) is 4.74 Å². The second-order valence-electron chi connectivity index (χ2n) is 25.5. The number of ketones is 1. The molecule has 0 bridgehead atoms. The van der Waals surface area contributed by atoms with Gasteiger partial charge in [0.1, 0.15) is 0 Å². The molecule has 0 saturated heterocycles. The minimum absolute atomic E-state index is 0.125. The van der Waals surface area contributed by atoms with Crippen LogP contribution in [0.25, 0.3) is 0 Å². The van der Waals surface area contributed by atoms with E-state index >= 15 is 0 Å². The van der Waals surface area contributed by atoms with E-state index in [-0.39, 0.29) is 11.7 Å². The van der Waals surface area contributed by atoms with Gasteiger partial charge in [-0.3, -0.25) is 9.59 Å². The fraction of sp³-hybridized carbons (Fsp3) is 0.548. The van der Waals surface area contributed by atoms with Crippen molar-refractivity contribution in [3.63, 3.8) is 0 Å². The van der Waals surface area contributed by atoms with Crippen LogP contribution in [0, 0.1) is 0 Å². The second kappa shape index (κ2) is 53.6. The smallest absolute Gasteiger partial charge is 0.224 e. The van der Waals surface area contributed by atoms with Crippen LogP contribution < -0.4 is 26.6 Å². The van der Waals surface area contributed by atoms with E-state index in [2.05, 4.69) is 153 Å². The van der Waals surface area contributed by atoms with Gasteiger partial charge in [-0.25, -0.2) is 0 Å². The van der Waals surface area contributed by atoms with E-state index in [1.165, 1.54) is 117 Å². The van der Waals surface area contributed by atoms with Crippen LogP contribution in [0.3, 0.4) is 0 Å². The maximum Gasteiger partial charge on any atom is 0.224 e. The van der Waals surface area contributed by atoms with Crippen LogP contribution in [-0.4, -0.2) is 71.0 Å². The number of hydrogen-bond acceptors (Lipinski definition) is 10. The largest absolute Gasteiger partial charge is 0.388 e. The van der Waals surface area contributed by atoms with Gasteiger partial charge in [0.15, 0.2) is 5.78 Å². The summed E-state index contributed by atoms with van der Waals surface area (Å²) in [6, 6.07) is 51.6. The molecule has 0 fully saturated rings. The number of aryl methyl sites for hydroxylation is 3. The number of benzene rings is 6. The molecule has 6 aromatic carbocycles. The standard InChI is InChI=1S/C22H31NO.C16H27NO2.C16H25NO2.C15H23NO.C15H25N/c1-2-3-11-20-14-10-15-22(18-20)23-16-8-5-9-17-24-19-21-12-6-4-7-13-21;2*1-4-8-15(18)13-9-7-10-14(11-13)17-12-16(19,5-2)6-3;1-3-5-8-13-9-7-10-14(12-13)16-15(17)11-6-4-2;1-3-5-7-12-16-15-11-8-10-14(13-15)9-6-4-2/h4,6-7,10,12-15,18,23H,2-3,5,8-9,11,16-17,19H2,1H3;7,9-11,15,17-19H,4-6,8,12H2,1-3H3;7,9-11,17,19H,4-6,8,12H2,1-3H3;7,9-10,12H,3-6,8,11H2,1-2H3,(H,16,17);8,10-11,13,16H,3-7,9,12H2,1-2H3. The molecule has 528 valence electrons. The molecule has 0 spiro atoms. The van der Waals surface area contributed by atoms with Gasteiger partial charge in [-0.05, 0) is 198 Å². The topological polar surface area (TPSA) is 164 Å². The summed E-state index contributed by atoms with van der Waals surface area (Å²) in [5, 5.41) is 46.9. The fourth-order valence-electron chi connectivity index (χ4n) is 10.3. The van der Waals surface area contributed by atoms with E-state index in [1.54, 1.807) is 0 Å². The summed E-state index contributed by atoms with van der Waals surface area (Å²) < 4.78 is 5.72. The molecule has 0 aliphatic carbocycles. The van der Waals surface area contributed by atoms with E-state index in [0.29, 0.717) is 38.8 Å². The highest BCUT2D eigenvalue weighted by Gasteiger charge is 2.23. The van der Waals surface area contributed by atoms with Crippen LogP contribution in [-0.2, 0) is 35.4 Å². The number of aliphatic hydroxyl groups is 3. The first-order valence-corrected chi connectivity index (χ1v) is 37.1. The zero-order valence-electron chi connectivity index (χ0n) is 61.2. The zero-order chi connectivity index (χ0) is 69.6. The number of hydrogen-bond donors (Lipinski definition) is 8. The van der Waals surface area contributed by atoms with Crippen molar-refractivity contribution < 1.29 is 29.6 Å². The number of nitrogens with one attached hydrogen (secondary N) is 5. The van der Waals surface area contributed by atoms with E-state index < -0.39 is 17.3 Å². The van der Waals surface area contributed by atoms with E-state index in [1.807, 2.05) is 101 Å². The predicted octanol–water partition coefficient (Wildman–Crippen LogP) is 21.7. The van der Waals surface area contributed by atoms with Crippen molar-refractivity contribution >= 4 is 40.1 Å². The number of carbonyl (C=O) groups excluding carboxylic acids is 2. The second-order valence-corrected chi connectivity index (χ2v) is 25.5. The van der Waals surface area contributed by atoms with Gasteiger partial charge in [0.25, 0.3) is 0 Å². The van der Waals surface area contributed by atoms with Gasteiger partial charge in [0.2, 0.25) is 5.91 Å². The number of unbranched alkanes of at least 4 members (excludes halogenated alkanes) is 8. The number of rotatable bonds is 43. The Morgan fingerprint density at radius 1 is 0.411 bits per heavy atom. The third-order valence-electron chi connectivity index (χ3n) is 17.2. The molecule has 1 atom stereocenters. The van der Waals surface area contributed by atoms with Crippen molar-refractivity contribution in [1.29, 1.82) is 0 Å². The van der Waals surface area contributed by atoms with Gasteiger partial charge in [-0.1, -0.05) is 212 Å². The number of Topliss-reactive ketones (excluding diaryl/α,β-unsaturated/α-hetero) is 1. The Morgan fingerprint density at radius 2 is 0.853 bits per heavy atom. The summed E-state index contributed by atoms with van der Waals surface area (Å²) >= 11 is 0. The van der Waals surface area contributed by atoms with Crippen LogP contribution in [0.4, 0.5) is 28.4 Å². The van der Waals surface area contributed by atoms with Crippen molar-refractivity contribution in [3.05, 3.63) is 185 Å². The lowest BCUT2D eigenvalue weighted by molar-refractivity contribution is -0.116. The lowest BCUT2D eigenvalue weighted by Crippen LogP contribution is -2.35. The number of aliphatic hydroxyl groups excluding tert-OH is 1. The monoisotopic (exact) mass is 1310 g/mol. The summed E-state index contributed by atoms with van der Waals surface area (Å²) in [5.41, 5.74) is 11.1. The van der Waals surface area contributed by atoms with Gasteiger partial charge < -0.3 is 46.6 Å². The maximum atomic E-state index is 11.8. The Morgan fingerprint density at radius 3 is 1.34 bits per heavy atom. The molecule has 0 aliphatic heterocycles. The first kappa shape index (κ1) is 84.6. The average Bonchev–Trinajstić information content (AvgIpc) is 1.92. The summed E-state index contributed by atoms with van der Waals surface area (Å²) in [7, 11) is 0. The Bertz CT molecular complexity index is 2850. The minimum atomic E-state index is -0.677. The normalized spacial score (nSPS) is 11.2. The van der Waals surface area contributed by atoms with Crippen molar-refractivity contribution in [3.8, 4) is 0 Å². The third-order valence-corrected chi connectivity index (χ3v) is 17.2. The van der Waals surface area contributed by atoms with Gasteiger partial charge in [0, 0.05) is 79.6 Å². The number of ether oxygens (including phenoxy) is 1. The molecule has 11 nitrogen and oxygen atoms in total. The van der Waals surface area contributed by atoms with Crippen LogP contribution in [0.5, 0.6) is 0 Å². The highest BCUT2D eigenvalue weighted by molar-refractivity contribution is 5.96. The maximum absolute atomic E-state index is 11.8. The first-order valence-electron chi connectivity index (χ1n) is 37.1. The van der Waals surface area contributed by atoms with E-state index in [0.717, 1.165) is 112 Å². The number of amides is 1. The molecule has 1 unspecified atom stereocenters. The molecule has 0 aliphatic rings. The molecular formula is C84H131N5O6. The molecule has 6 rings (SSSR count). The molecule has 0 radical (unpaired) electrons. The summed E-state index contributed by atoms with van der Waals surface area (Å²) in [5.74, 6) is 0.298. The molecule has 11 heteroatoms. The lowest BCUT2D eigenvalue weighted by Gasteiger charge is -2.26. The van der Waals surface area contributed by atoms with E-state index in [9.17, 15) is 24.9 Å². The van der Waals surface area contributed by atoms with Crippen molar-refractivity contribution in [2.75, 3.05) is 59.4 Å². The Balaban J connectivity index is 0.000000407. The molecule has 6 aromatic rings. The average molecular weight is 1310 g/mol. The summed E-state index contributed by atoms with van der Waals surface area (Å²) in [4.78, 5) is 23.4. The minimum Gasteiger partial charge on any atom is -0.388 e. The Hall–Kier alpha value is -6.50. The van der Waals surface area contributed by atoms with Crippen LogP contribution in [0.1, 0.15) is 268 Å². The lowest BCUT2D eigenvalue weighted by atomic mass is 9.97. The molecule has 0 heterocycles. The highest BCUT2D eigenvalue weighted by Crippen LogP contribution is 2.24. The van der Waals surface area contributed by atoms with Crippen molar-refractivity contribution in [2.45, 2.75) is 267 Å². The van der Waals surface area contributed by atoms with Crippen LogP contribution in [0.2, 0.25) is 0 Å². The number of carbonyl (C=O) groups is 2. The number of anilines is 5. The Labute approximate surface area is 578 Å². The molecule has 1 amide bonds. The van der Waals surface area contributed by atoms with Gasteiger partial charge in [-0.15, -0.1) is 0 Å². The SMILES string of the molecule is CCCC(=O)c1cccc(NCC(O)(CC)CC)c1.CCCC(O)c1cccc(NCC(O)(CC)CC)c1.CCCCC(=O)Nc1cccc(CCCC)c1.CCCCCNc1cccc(CCCC)c1.CCCCc1cccc(NCCCCCOCc2ccccc2)c1. The Kier molecular flexibility index (Phi) is 47.7. The van der Waals surface area contributed by atoms with Crippen LogP contribution >= 0.6 is 0 Å². The molecule has 95 heavy (non-hydrogen) atoms. The van der Waals surface area contributed by atoms with Gasteiger partial charge in [0.05, 0.1) is 23.9 Å². The van der Waals surface area contributed by atoms with Gasteiger partial charge >= 0.3 is 0 Å². The molecular weight excluding hydrogens is 1170 g/mol. The summed E-state index contributed by atoms with van der Waals surface area (Å²) in [6.07, 6.45) is 26.7. The zero-order valence-corrected chi connectivity index (χ0v) is 61.2.